The fourth-order valence-electron chi connectivity index (χ4n) is 3.34. The first-order valence-corrected chi connectivity index (χ1v) is 9.41. The van der Waals surface area contributed by atoms with Gasteiger partial charge in [-0.3, -0.25) is 4.79 Å². The van der Waals surface area contributed by atoms with Crippen molar-refractivity contribution in [3.63, 3.8) is 0 Å². The van der Waals surface area contributed by atoms with Gasteiger partial charge in [-0.25, -0.2) is 9.59 Å². The van der Waals surface area contributed by atoms with E-state index in [2.05, 4.69) is 16.0 Å². The van der Waals surface area contributed by atoms with E-state index in [9.17, 15) is 19.5 Å². The van der Waals surface area contributed by atoms with Gasteiger partial charge >= 0.3 is 18.0 Å². The van der Waals surface area contributed by atoms with Gasteiger partial charge in [-0.2, -0.15) is 0 Å². The highest BCUT2D eigenvalue weighted by molar-refractivity contribution is 5.92. The summed E-state index contributed by atoms with van der Waals surface area (Å²) < 4.78 is 5.46. The van der Waals surface area contributed by atoms with Gasteiger partial charge in [0.1, 0.15) is 0 Å². The van der Waals surface area contributed by atoms with Crippen LogP contribution in [0.2, 0.25) is 0 Å². The molecule has 1 aromatic rings. The number of aliphatic carboxylic acids is 1. The Labute approximate surface area is 163 Å². The number of carbonyl (C=O) groups excluding carboxylic acids is 2. The molecule has 9 heteroatoms. The molecule has 0 spiro atoms. The molecule has 2 aliphatic heterocycles. The highest BCUT2D eigenvalue weighted by atomic mass is 16.5. The van der Waals surface area contributed by atoms with Crippen molar-refractivity contribution in [1.29, 1.82) is 0 Å². The largest absolute Gasteiger partial charge is 0.481 e. The molecule has 4 amide bonds. The van der Waals surface area contributed by atoms with Crippen molar-refractivity contribution >= 4 is 29.4 Å². The average Bonchev–Trinajstić information content (AvgIpc) is 3.32. The maximum absolute atomic E-state index is 12.3. The second kappa shape index (κ2) is 8.47. The van der Waals surface area contributed by atoms with E-state index in [4.69, 9.17) is 4.74 Å². The molecule has 2 fully saturated rings. The maximum Gasteiger partial charge on any atom is 0.321 e. The minimum Gasteiger partial charge on any atom is -0.481 e. The van der Waals surface area contributed by atoms with Crippen LogP contribution >= 0.6 is 0 Å². The molecule has 0 bridgehead atoms. The Kier molecular flexibility index (Phi) is 6.03. The Morgan fingerprint density at radius 3 is 2.46 bits per heavy atom. The van der Waals surface area contributed by atoms with Crippen molar-refractivity contribution in [2.24, 2.45) is 5.41 Å². The predicted octanol–water partition coefficient (Wildman–Crippen LogP) is 2.32. The standard InChI is InChI=1S/C19H26N4O5/c1-19(16(24)25)8-9-23(12-19)18(27)22-14-6-4-13(5-7-14)21-17(26)20-11-15-3-2-10-28-15/h4-7,15H,2-3,8-12H2,1H3,(H,22,27)(H,24,25)(H2,20,21,26). The smallest absolute Gasteiger partial charge is 0.321 e. The van der Waals surface area contributed by atoms with Gasteiger partial charge in [0, 0.05) is 37.6 Å². The Hall–Kier alpha value is -2.81. The van der Waals surface area contributed by atoms with E-state index in [1.807, 2.05) is 0 Å². The van der Waals surface area contributed by atoms with Gasteiger partial charge in [-0.05, 0) is 50.5 Å². The molecule has 152 valence electrons. The van der Waals surface area contributed by atoms with Gasteiger partial charge < -0.3 is 30.7 Å². The van der Waals surface area contributed by atoms with Crippen LogP contribution in [0.5, 0.6) is 0 Å². The summed E-state index contributed by atoms with van der Waals surface area (Å²) in [6.45, 7) is 3.45. The van der Waals surface area contributed by atoms with Crippen molar-refractivity contribution in [3.05, 3.63) is 24.3 Å². The lowest BCUT2D eigenvalue weighted by Gasteiger charge is -2.20. The van der Waals surface area contributed by atoms with Crippen molar-refractivity contribution in [3.8, 4) is 0 Å². The van der Waals surface area contributed by atoms with Crippen LogP contribution in [0.1, 0.15) is 26.2 Å². The summed E-state index contributed by atoms with van der Waals surface area (Å²) in [7, 11) is 0. The highest BCUT2D eigenvalue weighted by Gasteiger charge is 2.42. The van der Waals surface area contributed by atoms with E-state index in [-0.39, 0.29) is 24.7 Å². The van der Waals surface area contributed by atoms with Gasteiger partial charge in [0.15, 0.2) is 0 Å². The Morgan fingerprint density at radius 2 is 1.89 bits per heavy atom. The van der Waals surface area contributed by atoms with Gasteiger partial charge in [-0.1, -0.05) is 0 Å². The first kappa shape index (κ1) is 19.9. The number of hydrogen-bond donors (Lipinski definition) is 4. The number of ether oxygens (including phenoxy) is 1. The number of hydrogen-bond acceptors (Lipinski definition) is 4. The molecule has 0 saturated carbocycles. The Morgan fingerprint density at radius 1 is 1.21 bits per heavy atom. The number of rotatable bonds is 5. The molecule has 2 aliphatic rings. The fourth-order valence-corrected chi connectivity index (χ4v) is 3.34. The number of carboxylic acid groups (broad SMARTS) is 1. The van der Waals surface area contributed by atoms with E-state index in [0.717, 1.165) is 19.4 Å². The summed E-state index contributed by atoms with van der Waals surface area (Å²) in [5, 5.41) is 17.5. The second-order valence-electron chi connectivity index (χ2n) is 7.51. The van der Waals surface area contributed by atoms with Gasteiger partial charge in [0.2, 0.25) is 0 Å². The summed E-state index contributed by atoms with van der Waals surface area (Å²) in [5.41, 5.74) is 0.267. The van der Waals surface area contributed by atoms with Gasteiger partial charge in [-0.15, -0.1) is 0 Å². The van der Waals surface area contributed by atoms with Crippen LogP contribution < -0.4 is 16.0 Å². The third kappa shape index (κ3) is 4.92. The SMILES string of the molecule is CC1(C(=O)O)CCN(C(=O)Nc2ccc(NC(=O)NCC3CCCO3)cc2)C1. The monoisotopic (exact) mass is 390 g/mol. The predicted molar refractivity (Wildman–Crippen MR) is 103 cm³/mol. The summed E-state index contributed by atoms with van der Waals surface area (Å²) in [6.07, 6.45) is 2.49. The van der Waals surface area contributed by atoms with Crippen LogP contribution in [-0.4, -0.2) is 60.4 Å². The zero-order chi connectivity index (χ0) is 20.1. The quantitative estimate of drug-likeness (QED) is 0.615. The molecular formula is C19H26N4O5. The zero-order valence-electron chi connectivity index (χ0n) is 15.9. The third-order valence-corrected chi connectivity index (χ3v) is 5.19. The zero-order valence-corrected chi connectivity index (χ0v) is 15.9. The Bertz CT molecular complexity index is 732. The second-order valence-corrected chi connectivity index (χ2v) is 7.51. The number of nitrogens with zero attached hydrogens (tertiary/aromatic N) is 1. The number of carbonyl (C=O) groups is 3. The van der Waals surface area contributed by atoms with Crippen LogP contribution in [0.25, 0.3) is 0 Å². The number of amides is 4. The first-order valence-electron chi connectivity index (χ1n) is 9.41. The molecule has 2 heterocycles. The van der Waals surface area contributed by atoms with Crippen LogP contribution in [0.3, 0.4) is 0 Å². The topological polar surface area (TPSA) is 120 Å². The van der Waals surface area contributed by atoms with Gasteiger partial charge in [0.05, 0.1) is 11.5 Å². The van der Waals surface area contributed by atoms with Crippen molar-refractivity contribution < 1.29 is 24.2 Å². The number of likely N-dealkylation sites (tertiary alicyclic amines) is 1. The molecule has 2 atom stereocenters. The molecule has 1 aromatic carbocycles. The van der Waals surface area contributed by atoms with Crippen LogP contribution in [0, 0.1) is 5.41 Å². The fraction of sp³-hybridized carbons (Fsp3) is 0.526. The molecule has 9 nitrogen and oxygen atoms in total. The van der Waals surface area contributed by atoms with Crippen LogP contribution in [-0.2, 0) is 9.53 Å². The minimum atomic E-state index is -0.901. The lowest BCUT2D eigenvalue weighted by atomic mass is 9.90. The molecule has 0 aliphatic carbocycles. The van der Waals surface area contributed by atoms with Crippen molar-refractivity contribution in [1.82, 2.24) is 10.2 Å². The van der Waals surface area contributed by atoms with Crippen LogP contribution in [0.15, 0.2) is 24.3 Å². The lowest BCUT2D eigenvalue weighted by Crippen LogP contribution is -2.37. The van der Waals surface area contributed by atoms with Crippen LogP contribution in [0.4, 0.5) is 21.0 Å². The molecular weight excluding hydrogens is 364 g/mol. The highest BCUT2D eigenvalue weighted by Crippen LogP contribution is 2.30. The Balaban J connectivity index is 1.45. The summed E-state index contributed by atoms with van der Waals surface area (Å²) in [6, 6.07) is 6.09. The number of benzene rings is 1. The van der Waals surface area contributed by atoms with E-state index in [0.29, 0.717) is 30.9 Å². The average molecular weight is 390 g/mol. The first-order chi connectivity index (χ1) is 13.4. The number of urea groups is 2. The summed E-state index contributed by atoms with van der Waals surface area (Å²) in [5.74, 6) is -0.893. The summed E-state index contributed by atoms with van der Waals surface area (Å²) >= 11 is 0. The lowest BCUT2D eigenvalue weighted by molar-refractivity contribution is -0.146. The molecule has 2 saturated heterocycles. The molecule has 4 N–H and O–H groups in total. The van der Waals surface area contributed by atoms with E-state index < -0.39 is 11.4 Å². The van der Waals surface area contributed by atoms with Crippen molar-refractivity contribution in [2.75, 3.05) is 36.9 Å². The number of anilines is 2. The normalized spacial score (nSPS) is 24.0. The molecule has 28 heavy (non-hydrogen) atoms. The van der Waals surface area contributed by atoms with Gasteiger partial charge in [0.25, 0.3) is 0 Å². The minimum absolute atomic E-state index is 0.0805. The molecule has 2 unspecified atom stereocenters. The molecule has 3 rings (SSSR count). The summed E-state index contributed by atoms with van der Waals surface area (Å²) in [4.78, 5) is 37.0. The van der Waals surface area contributed by atoms with Crippen molar-refractivity contribution in [2.45, 2.75) is 32.3 Å². The number of carboxylic acids is 1. The van der Waals surface area contributed by atoms with E-state index in [1.165, 1.54) is 4.90 Å². The maximum atomic E-state index is 12.3. The third-order valence-electron chi connectivity index (χ3n) is 5.19. The van der Waals surface area contributed by atoms with E-state index >= 15 is 0 Å². The molecule has 0 aromatic heterocycles. The number of nitrogens with one attached hydrogen (secondary N) is 3. The molecule has 0 radical (unpaired) electrons. The van der Waals surface area contributed by atoms with E-state index in [1.54, 1.807) is 31.2 Å².